The second-order valence-corrected chi connectivity index (χ2v) is 5.40. The fourth-order valence-electron chi connectivity index (χ4n) is 1.74. The Morgan fingerprint density at radius 2 is 1.89 bits per heavy atom. The Labute approximate surface area is 117 Å². The van der Waals surface area contributed by atoms with Gasteiger partial charge in [0.05, 0.1) is 5.69 Å². The smallest absolute Gasteiger partial charge is 0.0542 e. The topological polar surface area (TPSA) is 24.9 Å². The summed E-state index contributed by atoms with van der Waals surface area (Å²) >= 11 is 3.39. The van der Waals surface area contributed by atoms with Crippen LogP contribution in [0.5, 0.6) is 0 Å². The normalized spacial score (nSPS) is 12.4. The monoisotopic (exact) mass is 304 g/mol. The van der Waals surface area contributed by atoms with Crippen LogP contribution < -0.4 is 5.32 Å². The molecule has 1 atom stereocenters. The summed E-state index contributed by atoms with van der Waals surface area (Å²) < 4.78 is 1.01. The van der Waals surface area contributed by atoms with E-state index in [4.69, 9.17) is 0 Å². The largest absolute Gasteiger partial charge is 0.305 e. The molecule has 0 fully saturated rings. The molecule has 1 aromatic carbocycles. The van der Waals surface area contributed by atoms with Crippen molar-refractivity contribution < 1.29 is 0 Å². The van der Waals surface area contributed by atoms with Gasteiger partial charge in [0.15, 0.2) is 0 Å². The standard InChI is InChI=1S/C15H17BrN2/c1-11-3-5-13(6-4-11)12(2)17-10-15-8-7-14(16)9-18-15/h3-9,12,17H,10H2,1-2H3. The summed E-state index contributed by atoms with van der Waals surface area (Å²) in [5.74, 6) is 0. The molecule has 1 N–H and O–H groups in total. The van der Waals surface area contributed by atoms with Gasteiger partial charge in [-0.2, -0.15) is 0 Å². The molecule has 0 bridgehead atoms. The van der Waals surface area contributed by atoms with Crippen LogP contribution in [0.1, 0.15) is 29.8 Å². The quantitative estimate of drug-likeness (QED) is 0.923. The summed E-state index contributed by atoms with van der Waals surface area (Å²) in [7, 11) is 0. The maximum Gasteiger partial charge on any atom is 0.0542 e. The number of pyridine rings is 1. The van der Waals surface area contributed by atoms with E-state index < -0.39 is 0 Å². The second-order valence-electron chi connectivity index (χ2n) is 4.48. The van der Waals surface area contributed by atoms with Crippen molar-refractivity contribution in [2.45, 2.75) is 26.4 Å². The zero-order valence-corrected chi connectivity index (χ0v) is 12.2. The van der Waals surface area contributed by atoms with E-state index >= 15 is 0 Å². The number of hydrogen-bond donors (Lipinski definition) is 1. The van der Waals surface area contributed by atoms with Gasteiger partial charge in [0, 0.05) is 23.3 Å². The molecule has 1 unspecified atom stereocenters. The Balaban J connectivity index is 1.93. The average Bonchev–Trinajstić information content (AvgIpc) is 2.38. The molecular formula is C15H17BrN2. The van der Waals surface area contributed by atoms with Crippen molar-refractivity contribution >= 4 is 15.9 Å². The first-order valence-electron chi connectivity index (χ1n) is 6.05. The number of aromatic nitrogens is 1. The van der Waals surface area contributed by atoms with Crippen molar-refractivity contribution in [3.63, 3.8) is 0 Å². The maximum atomic E-state index is 4.35. The molecule has 0 aliphatic heterocycles. The summed E-state index contributed by atoms with van der Waals surface area (Å²) in [6.07, 6.45) is 1.83. The molecule has 0 saturated carbocycles. The number of halogens is 1. The summed E-state index contributed by atoms with van der Waals surface area (Å²) in [6, 6.07) is 13.0. The summed E-state index contributed by atoms with van der Waals surface area (Å²) in [5, 5.41) is 3.48. The molecule has 0 amide bonds. The molecule has 3 heteroatoms. The lowest BCUT2D eigenvalue weighted by atomic mass is 10.1. The van der Waals surface area contributed by atoms with Gasteiger partial charge in [-0.05, 0) is 47.5 Å². The lowest BCUT2D eigenvalue weighted by Gasteiger charge is -2.14. The van der Waals surface area contributed by atoms with Gasteiger partial charge in [-0.25, -0.2) is 0 Å². The third-order valence-electron chi connectivity index (χ3n) is 2.96. The van der Waals surface area contributed by atoms with Crippen molar-refractivity contribution in [2.75, 3.05) is 0 Å². The zero-order valence-electron chi connectivity index (χ0n) is 10.7. The van der Waals surface area contributed by atoms with Gasteiger partial charge in [0.25, 0.3) is 0 Å². The molecule has 2 aromatic rings. The minimum absolute atomic E-state index is 0.330. The van der Waals surface area contributed by atoms with Gasteiger partial charge >= 0.3 is 0 Å². The predicted molar refractivity (Wildman–Crippen MR) is 78.4 cm³/mol. The highest BCUT2D eigenvalue weighted by molar-refractivity contribution is 9.10. The van der Waals surface area contributed by atoms with Crippen LogP contribution in [-0.2, 0) is 6.54 Å². The lowest BCUT2D eigenvalue weighted by Crippen LogP contribution is -2.18. The van der Waals surface area contributed by atoms with E-state index in [9.17, 15) is 0 Å². The van der Waals surface area contributed by atoms with Gasteiger partial charge in [-0.15, -0.1) is 0 Å². The first-order valence-corrected chi connectivity index (χ1v) is 6.85. The number of nitrogens with zero attached hydrogens (tertiary/aromatic N) is 1. The van der Waals surface area contributed by atoms with E-state index in [0.29, 0.717) is 6.04 Å². The number of nitrogens with one attached hydrogen (secondary N) is 1. The van der Waals surface area contributed by atoms with Crippen molar-refractivity contribution in [2.24, 2.45) is 0 Å². The first-order chi connectivity index (χ1) is 8.65. The van der Waals surface area contributed by atoms with Crippen molar-refractivity contribution in [1.82, 2.24) is 10.3 Å². The molecule has 94 valence electrons. The van der Waals surface area contributed by atoms with Crippen LogP contribution in [0.15, 0.2) is 47.1 Å². The van der Waals surface area contributed by atoms with E-state index in [1.165, 1.54) is 11.1 Å². The van der Waals surface area contributed by atoms with Crippen LogP contribution >= 0.6 is 15.9 Å². The van der Waals surface area contributed by atoms with Crippen LogP contribution in [0.25, 0.3) is 0 Å². The van der Waals surface area contributed by atoms with E-state index in [-0.39, 0.29) is 0 Å². The SMILES string of the molecule is Cc1ccc(C(C)NCc2ccc(Br)cn2)cc1. The molecule has 1 aromatic heterocycles. The van der Waals surface area contributed by atoms with Gasteiger partial charge in [-0.1, -0.05) is 29.8 Å². The second kappa shape index (κ2) is 6.12. The van der Waals surface area contributed by atoms with Gasteiger partial charge < -0.3 is 5.32 Å². The summed E-state index contributed by atoms with van der Waals surface area (Å²) in [4.78, 5) is 4.35. The van der Waals surface area contributed by atoms with Crippen molar-refractivity contribution in [1.29, 1.82) is 0 Å². The van der Waals surface area contributed by atoms with E-state index in [1.807, 2.05) is 18.3 Å². The summed E-state index contributed by atoms with van der Waals surface area (Å²) in [5.41, 5.74) is 3.65. The van der Waals surface area contributed by atoms with Crippen LogP contribution in [0.2, 0.25) is 0 Å². The molecule has 0 saturated heterocycles. The van der Waals surface area contributed by atoms with Crippen molar-refractivity contribution in [3.05, 3.63) is 63.9 Å². The maximum absolute atomic E-state index is 4.35. The fourth-order valence-corrected chi connectivity index (χ4v) is 1.98. The lowest BCUT2D eigenvalue weighted by molar-refractivity contribution is 0.567. The van der Waals surface area contributed by atoms with Crippen LogP contribution in [-0.4, -0.2) is 4.98 Å². The van der Waals surface area contributed by atoms with E-state index in [1.54, 1.807) is 0 Å². The zero-order chi connectivity index (χ0) is 13.0. The third-order valence-corrected chi connectivity index (χ3v) is 3.42. The third kappa shape index (κ3) is 3.65. The first kappa shape index (κ1) is 13.2. The van der Waals surface area contributed by atoms with Gasteiger partial charge in [0.2, 0.25) is 0 Å². The van der Waals surface area contributed by atoms with E-state index in [0.717, 1.165) is 16.7 Å². The fraction of sp³-hybridized carbons (Fsp3) is 0.267. The Morgan fingerprint density at radius 3 is 2.50 bits per heavy atom. The minimum Gasteiger partial charge on any atom is -0.305 e. The predicted octanol–water partition coefficient (Wildman–Crippen LogP) is 4.00. The van der Waals surface area contributed by atoms with Crippen molar-refractivity contribution in [3.8, 4) is 0 Å². The van der Waals surface area contributed by atoms with Gasteiger partial charge in [-0.3, -0.25) is 4.98 Å². The Kier molecular flexibility index (Phi) is 4.50. The molecule has 1 heterocycles. The molecule has 0 aliphatic rings. The Morgan fingerprint density at radius 1 is 1.17 bits per heavy atom. The number of rotatable bonds is 4. The molecule has 2 rings (SSSR count). The average molecular weight is 305 g/mol. The minimum atomic E-state index is 0.330. The van der Waals surface area contributed by atoms with E-state index in [2.05, 4.69) is 64.3 Å². The number of benzene rings is 1. The molecular weight excluding hydrogens is 288 g/mol. The molecule has 2 nitrogen and oxygen atoms in total. The highest BCUT2D eigenvalue weighted by Gasteiger charge is 2.04. The molecule has 0 radical (unpaired) electrons. The number of hydrogen-bond acceptors (Lipinski definition) is 2. The highest BCUT2D eigenvalue weighted by Crippen LogP contribution is 2.14. The van der Waals surface area contributed by atoms with Crippen LogP contribution in [0, 0.1) is 6.92 Å². The number of aryl methyl sites for hydroxylation is 1. The Bertz CT molecular complexity index is 491. The van der Waals surface area contributed by atoms with Crippen LogP contribution in [0.3, 0.4) is 0 Å². The highest BCUT2D eigenvalue weighted by atomic mass is 79.9. The molecule has 0 spiro atoms. The molecule has 18 heavy (non-hydrogen) atoms. The Hall–Kier alpha value is -1.19. The van der Waals surface area contributed by atoms with Crippen LogP contribution in [0.4, 0.5) is 0 Å². The molecule has 0 aliphatic carbocycles. The van der Waals surface area contributed by atoms with Gasteiger partial charge in [0.1, 0.15) is 0 Å². The summed E-state index contributed by atoms with van der Waals surface area (Å²) in [6.45, 7) is 5.06.